The second kappa shape index (κ2) is 5.67. The van der Waals surface area contributed by atoms with Crippen LogP contribution in [0.2, 0.25) is 0 Å². The third-order valence-corrected chi connectivity index (χ3v) is 4.36. The molecular weight excluding hydrogens is 216 g/mol. The number of hydrogen-bond donors (Lipinski definition) is 0. The number of rotatable bonds is 6. The molecule has 1 heterocycles. The molecule has 0 aromatic carbocycles. The van der Waals surface area contributed by atoms with Crippen molar-refractivity contribution in [1.29, 1.82) is 0 Å². The molecule has 0 N–H and O–H groups in total. The number of thiazole rings is 1. The summed E-state index contributed by atoms with van der Waals surface area (Å²) in [6, 6.07) is 0. The average Bonchev–Trinajstić information content (AvgIpc) is 2.75. The van der Waals surface area contributed by atoms with Crippen LogP contribution in [0.25, 0.3) is 0 Å². The van der Waals surface area contributed by atoms with E-state index in [9.17, 15) is 0 Å². The Morgan fingerprint density at radius 3 is 2.50 bits per heavy atom. The molecule has 1 unspecified atom stereocenters. The van der Waals surface area contributed by atoms with Gasteiger partial charge < -0.3 is 4.90 Å². The summed E-state index contributed by atoms with van der Waals surface area (Å²) in [4.78, 5) is 6.84. The lowest BCUT2D eigenvalue weighted by atomic mass is 9.80. The summed E-state index contributed by atoms with van der Waals surface area (Å²) in [7, 11) is 4.11. The van der Waals surface area contributed by atoms with E-state index in [1.807, 2.05) is 0 Å². The number of aromatic nitrogens is 1. The minimum absolute atomic E-state index is 0.265. The van der Waals surface area contributed by atoms with Crippen molar-refractivity contribution >= 4 is 16.5 Å². The molecule has 16 heavy (non-hydrogen) atoms. The highest BCUT2D eigenvalue weighted by Crippen LogP contribution is 2.35. The minimum atomic E-state index is 0.265. The van der Waals surface area contributed by atoms with E-state index >= 15 is 0 Å². The van der Waals surface area contributed by atoms with Crippen LogP contribution in [0.4, 0.5) is 5.13 Å². The van der Waals surface area contributed by atoms with Gasteiger partial charge in [-0.1, -0.05) is 33.6 Å². The lowest BCUT2D eigenvalue weighted by Crippen LogP contribution is -2.21. The zero-order valence-corrected chi connectivity index (χ0v) is 12.0. The Morgan fingerprint density at radius 2 is 2.06 bits per heavy atom. The molecule has 0 amide bonds. The van der Waals surface area contributed by atoms with Crippen molar-refractivity contribution in [2.75, 3.05) is 19.0 Å². The van der Waals surface area contributed by atoms with E-state index in [4.69, 9.17) is 4.98 Å². The molecule has 0 aliphatic heterocycles. The molecule has 1 aromatic heterocycles. The first-order valence-electron chi connectivity index (χ1n) is 6.17. The van der Waals surface area contributed by atoms with E-state index in [-0.39, 0.29) is 5.41 Å². The normalized spacial score (nSPS) is 14.8. The molecule has 1 rings (SSSR count). The zero-order valence-electron chi connectivity index (χ0n) is 11.2. The predicted molar refractivity (Wildman–Crippen MR) is 73.6 cm³/mol. The van der Waals surface area contributed by atoms with Gasteiger partial charge in [0.25, 0.3) is 0 Å². The van der Waals surface area contributed by atoms with Crippen LogP contribution in [0.3, 0.4) is 0 Å². The van der Waals surface area contributed by atoms with Crippen molar-refractivity contribution in [1.82, 2.24) is 4.98 Å². The van der Waals surface area contributed by atoms with Crippen LogP contribution in [0.1, 0.15) is 52.1 Å². The first-order chi connectivity index (χ1) is 7.53. The van der Waals surface area contributed by atoms with Gasteiger partial charge in [-0.25, -0.2) is 4.98 Å². The molecule has 0 radical (unpaired) electrons. The van der Waals surface area contributed by atoms with E-state index in [0.29, 0.717) is 0 Å². The Kier molecular flexibility index (Phi) is 4.78. The Hall–Kier alpha value is -0.570. The number of unbranched alkanes of at least 4 members (excludes halogenated alkanes) is 1. The average molecular weight is 240 g/mol. The molecule has 0 aliphatic carbocycles. The van der Waals surface area contributed by atoms with Crippen molar-refractivity contribution in [3.05, 3.63) is 11.1 Å². The first kappa shape index (κ1) is 13.5. The molecule has 92 valence electrons. The SMILES string of the molecule is CCCCC(C)(CC)c1csc(N(C)C)n1. The maximum atomic E-state index is 4.75. The lowest BCUT2D eigenvalue weighted by Gasteiger charge is -2.26. The molecule has 1 atom stereocenters. The van der Waals surface area contributed by atoms with Crippen LogP contribution >= 0.6 is 11.3 Å². The molecule has 3 heteroatoms. The summed E-state index contributed by atoms with van der Waals surface area (Å²) >= 11 is 1.75. The second-order valence-corrected chi connectivity index (χ2v) is 5.76. The summed E-state index contributed by atoms with van der Waals surface area (Å²) in [5.41, 5.74) is 1.54. The van der Waals surface area contributed by atoms with Crippen molar-refractivity contribution in [3.8, 4) is 0 Å². The van der Waals surface area contributed by atoms with Gasteiger partial charge in [0.05, 0.1) is 5.69 Å². The van der Waals surface area contributed by atoms with E-state index in [0.717, 1.165) is 5.13 Å². The molecule has 0 saturated heterocycles. The van der Waals surface area contributed by atoms with Crippen molar-refractivity contribution in [2.24, 2.45) is 0 Å². The van der Waals surface area contributed by atoms with Crippen LogP contribution in [-0.4, -0.2) is 19.1 Å². The van der Waals surface area contributed by atoms with Gasteiger partial charge in [0.1, 0.15) is 0 Å². The summed E-state index contributed by atoms with van der Waals surface area (Å²) in [5, 5.41) is 3.35. The van der Waals surface area contributed by atoms with Crippen molar-refractivity contribution in [3.63, 3.8) is 0 Å². The van der Waals surface area contributed by atoms with Gasteiger partial charge in [-0.3, -0.25) is 0 Å². The van der Waals surface area contributed by atoms with Crippen LogP contribution in [0.15, 0.2) is 5.38 Å². The standard InChI is InChI=1S/C13H24N2S/c1-6-8-9-13(3,7-2)11-10-16-12(14-11)15(4)5/h10H,6-9H2,1-5H3. The highest BCUT2D eigenvalue weighted by Gasteiger charge is 2.26. The number of nitrogens with zero attached hydrogens (tertiary/aromatic N) is 2. The zero-order chi connectivity index (χ0) is 12.2. The largest absolute Gasteiger partial charge is 0.354 e. The fourth-order valence-corrected chi connectivity index (χ4v) is 2.72. The highest BCUT2D eigenvalue weighted by atomic mass is 32.1. The van der Waals surface area contributed by atoms with Gasteiger partial charge >= 0.3 is 0 Å². The third kappa shape index (κ3) is 2.97. The van der Waals surface area contributed by atoms with Crippen molar-refractivity contribution < 1.29 is 0 Å². The van der Waals surface area contributed by atoms with Crippen LogP contribution in [0, 0.1) is 0 Å². The van der Waals surface area contributed by atoms with Crippen LogP contribution < -0.4 is 4.90 Å². The smallest absolute Gasteiger partial charge is 0.184 e. The van der Waals surface area contributed by atoms with Crippen LogP contribution in [0.5, 0.6) is 0 Å². The number of anilines is 1. The van der Waals surface area contributed by atoms with Gasteiger partial charge in [0.15, 0.2) is 5.13 Å². The first-order valence-corrected chi connectivity index (χ1v) is 7.04. The fraction of sp³-hybridized carbons (Fsp3) is 0.769. The summed E-state index contributed by atoms with van der Waals surface area (Å²) < 4.78 is 0. The monoisotopic (exact) mass is 240 g/mol. The molecule has 1 aromatic rings. The van der Waals surface area contributed by atoms with Gasteiger partial charge in [-0.2, -0.15) is 0 Å². The van der Waals surface area contributed by atoms with Crippen LogP contribution in [-0.2, 0) is 5.41 Å². The topological polar surface area (TPSA) is 16.1 Å². The van der Waals surface area contributed by atoms with Gasteiger partial charge in [-0.05, 0) is 12.8 Å². The maximum absolute atomic E-state index is 4.75. The minimum Gasteiger partial charge on any atom is -0.354 e. The Labute approximate surface area is 104 Å². The highest BCUT2D eigenvalue weighted by molar-refractivity contribution is 7.13. The molecule has 0 spiro atoms. The molecular formula is C13H24N2S. The predicted octanol–water partition coefficient (Wildman–Crippen LogP) is 4.07. The van der Waals surface area contributed by atoms with Crippen molar-refractivity contribution in [2.45, 2.75) is 51.9 Å². The molecule has 0 saturated carbocycles. The van der Waals surface area contributed by atoms with Gasteiger partial charge in [0, 0.05) is 24.9 Å². The molecule has 2 nitrogen and oxygen atoms in total. The van der Waals surface area contributed by atoms with E-state index < -0.39 is 0 Å². The second-order valence-electron chi connectivity index (χ2n) is 4.93. The van der Waals surface area contributed by atoms with E-state index in [1.54, 1.807) is 11.3 Å². The Bertz CT molecular complexity index is 319. The summed E-state index contributed by atoms with van der Waals surface area (Å²) in [6.07, 6.45) is 4.97. The fourth-order valence-electron chi connectivity index (χ4n) is 1.80. The van der Waals surface area contributed by atoms with E-state index in [2.05, 4.69) is 45.1 Å². The summed E-state index contributed by atoms with van der Waals surface area (Å²) in [6.45, 7) is 6.86. The lowest BCUT2D eigenvalue weighted by molar-refractivity contribution is 0.394. The van der Waals surface area contributed by atoms with E-state index in [1.165, 1.54) is 31.4 Å². The maximum Gasteiger partial charge on any atom is 0.184 e. The third-order valence-electron chi connectivity index (χ3n) is 3.36. The molecule has 0 aliphatic rings. The Balaban J connectivity index is 2.85. The van der Waals surface area contributed by atoms with Gasteiger partial charge in [-0.15, -0.1) is 11.3 Å². The molecule has 0 fully saturated rings. The number of hydrogen-bond acceptors (Lipinski definition) is 3. The Morgan fingerprint density at radius 1 is 1.38 bits per heavy atom. The quantitative estimate of drug-likeness (QED) is 0.745. The summed E-state index contributed by atoms with van der Waals surface area (Å²) in [5.74, 6) is 0. The molecule has 0 bridgehead atoms. The van der Waals surface area contributed by atoms with Gasteiger partial charge in [0.2, 0.25) is 0 Å².